The van der Waals surface area contributed by atoms with Crippen LogP contribution in [0.15, 0.2) is 24.3 Å². The van der Waals surface area contributed by atoms with Crippen molar-refractivity contribution in [1.82, 2.24) is 0 Å². The van der Waals surface area contributed by atoms with Gasteiger partial charge in [-0.15, -0.1) is 0 Å². The summed E-state index contributed by atoms with van der Waals surface area (Å²) < 4.78 is 9.29. The van der Waals surface area contributed by atoms with Gasteiger partial charge in [0, 0.05) is 14.2 Å². The van der Waals surface area contributed by atoms with Crippen LogP contribution in [0.1, 0.15) is 6.92 Å². The van der Waals surface area contributed by atoms with Crippen molar-refractivity contribution >= 4 is 6.29 Å². The summed E-state index contributed by atoms with van der Waals surface area (Å²) in [5.74, 6) is -1.06. The van der Waals surface area contributed by atoms with E-state index in [0.717, 1.165) is 0 Å². The zero-order valence-corrected chi connectivity index (χ0v) is 8.61. The van der Waals surface area contributed by atoms with Crippen molar-refractivity contribution in [2.45, 2.75) is 12.7 Å². The fourth-order valence-electron chi connectivity index (χ4n) is 0.855. The molecule has 0 unspecified atom stereocenters. The molecule has 2 aliphatic rings. The second-order valence-corrected chi connectivity index (χ2v) is 3.12. The fraction of sp³-hybridized carbons (Fsp3) is 0.364. The zero-order chi connectivity index (χ0) is 10.6. The molecule has 0 bridgehead atoms. The van der Waals surface area contributed by atoms with Crippen molar-refractivity contribution in [1.29, 1.82) is 0 Å². The molecule has 2 rings (SSSR count). The van der Waals surface area contributed by atoms with Gasteiger partial charge in [-0.05, 0) is 24.1 Å². The summed E-state index contributed by atoms with van der Waals surface area (Å²) in [6.45, 7) is 1.54. The quantitative estimate of drug-likeness (QED) is 0.552. The van der Waals surface area contributed by atoms with Crippen molar-refractivity contribution in [3.8, 4) is 11.1 Å². The lowest BCUT2D eigenvalue weighted by Crippen LogP contribution is -2.30. The van der Waals surface area contributed by atoms with Gasteiger partial charge in [0.25, 0.3) is 0 Å². The Morgan fingerprint density at radius 2 is 1.71 bits per heavy atom. The van der Waals surface area contributed by atoms with Gasteiger partial charge in [-0.25, -0.2) is 0 Å². The molecule has 0 heterocycles. The summed E-state index contributed by atoms with van der Waals surface area (Å²) in [6, 6.07) is 8.48. The summed E-state index contributed by atoms with van der Waals surface area (Å²) in [5.41, 5.74) is 2.85. The molecule has 3 heteroatoms. The van der Waals surface area contributed by atoms with Gasteiger partial charge in [-0.2, -0.15) is 0 Å². The van der Waals surface area contributed by atoms with Crippen molar-refractivity contribution < 1.29 is 14.3 Å². The number of carbonyl (C=O) groups is 1. The molecule has 0 atom stereocenters. The molecule has 0 radical (unpaired) electrons. The number of methoxy groups -OCH3 is 2. The number of ether oxygens (including phenoxy) is 2. The van der Waals surface area contributed by atoms with Crippen molar-refractivity contribution in [3.05, 3.63) is 24.3 Å². The Bertz CT molecular complexity index is 299. The molecule has 0 saturated heterocycles. The molecule has 3 nitrogen and oxygen atoms in total. The third-order valence-electron chi connectivity index (χ3n) is 2.14. The van der Waals surface area contributed by atoms with E-state index in [1.54, 1.807) is 6.92 Å². The molecular weight excluding hydrogens is 180 g/mol. The summed E-state index contributed by atoms with van der Waals surface area (Å²) >= 11 is 0. The van der Waals surface area contributed by atoms with Crippen molar-refractivity contribution in [2.75, 3.05) is 14.2 Å². The van der Waals surface area contributed by atoms with E-state index in [-0.39, 0.29) is 0 Å². The third-order valence-corrected chi connectivity index (χ3v) is 2.14. The van der Waals surface area contributed by atoms with Gasteiger partial charge in [0.2, 0.25) is 5.79 Å². The molecule has 0 fully saturated rings. The van der Waals surface area contributed by atoms with Crippen LogP contribution in [0.2, 0.25) is 0 Å². The predicted molar refractivity (Wildman–Crippen MR) is 53.9 cm³/mol. The van der Waals surface area contributed by atoms with Gasteiger partial charge in [-0.1, -0.05) is 18.2 Å². The van der Waals surface area contributed by atoms with Crippen LogP contribution in [0.4, 0.5) is 0 Å². The Labute approximate surface area is 83.6 Å². The lowest BCUT2D eigenvalue weighted by Gasteiger charge is -2.17. The second kappa shape index (κ2) is 4.35. The molecule has 0 aromatic heterocycles. The van der Waals surface area contributed by atoms with Crippen LogP contribution in [0, 0.1) is 0 Å². The Hall–Kier alpha value is -1.19. The normalized spacial score (nSPS) is 11.4. The molecule has 0 saturated carbocycles. The average molecular weight is 194 g/mol. The topological polar surface area (TPSA) is 35.5 Å². The van der Waals surface area contributed by atoms with E-state index in [1.807, 2.05) is 0 Å². The van der Waals surface area contributed by atoms with E-state index in [0.29, 0.717) is 6.29 Å². The molecular formula is C11H14O3. The van der Waals surface area contributed by atoms with Gasteiger partial charge in [0.05, 0.1) is 0 Å². The van der Waals surface area contributed by atoms with E-state index in [4.69, 9.17) is 0 Å². The van der Waals surface area contributed by atoms with Gasteiger partial charge >= 0.3 is 0 Å². The minimum absolute atomic E-state index is 0.604. The Morgan fingerprint density at radius 3 is 1.79 bits per heavy atom. The minimum Gasteiger partial charge on any atom is -0.347 e. The average Bonchev–Trinajstić information content (AvgIpc) is 2.86. The Kier molecular flexibility index (Phi) is 3.38. The van der Waals surface area contributed by atoms with E-state index in [2.05, 4.69) is 33.7 Å². The maximum atomic E-state index is 10.0. The molecule has 2 aliphatic carbocycles. The van der Waals surface area contributed by atoms with E-state index in [9.17, 15) is 4.79 Å². The van der Waals surface area contributed by atoms with Crippen LogP contribution in [0.5, 0.6) is 0 Å². The van der Waals surface area contributed by atoms with Gasteiger partial charge in [0.1, 0.15) is 0 Å². The molecule has 0 aromatic carbocycles. The molecule has 0 aliphatic heterocycles. The first-order valence-corrected chi connectivity index (χ1v) is 4.32. The van der Waals surface area contributed by atoms with Gasteiger partial charge in [0.15, 0.2) is 6.29 Å². The van der Waals surface area contributed by atoms with E-state index < -0.39 is 5.79 Å². The Morgan fingerprint density at radius 1 is 1.21 bits per heavy atom. The fourth-order valence-corrected chi connectivity index (χ4v) is 0.855. The Balaban J connectivity index is 0.000000143. The predicted octanol–water partition coefficient (Wildman–Crippen LogP) is 1.86. The van der Waals surface area contributed by atoms with Crippen molar-refractivity contribution in [2.24, 2.45) is 0 Å². The number of fused-ring (bicyclic) bond motifs is 1. The number of aldehydes is 1. The van der Waals surface area contributed by atoms with Crippen LogP contribution in [0.25, 0.3) is 11.1 Å². The summed E-state index contributed by atoms with van der Waals surface area (Å²) in [4.78, 5) is 10.0. The highest BCUT2D eigenvalue weighted by Gasteiger charge is 2.20. The van der Waals surface area contributed by atoms with Gasteiger partial charge in [-0.3, -0.25) is 4.79 Å². The van der Waals surface area contributed by atoms with Crippen LogP contribution in [-0.2, 0) is 14.3 Å². The molecule has 0 N–H and O–H groups in total. The number of carbonyl (C=O) groups excluding carboxylic acids is 1. The molecule has 0 aromatic rings. The molecule has 0 spiro atoms. The summed E-state index contributed by atoms with van der Waals surface area (Å²) in [5, 5.41) is 0. The first kappa shape index (κ1) is 10.9. The van der Waals surface area contributed by atoms with E-state index in [1.165, 1.54) is 25.3 Å². The number of hydrogen-bond donors (Lipinski definition) is 0. The third kappa shape index (κ3) is 2.65. The minimum atomic E-state index is -1.06. The molecule has 14 heavy (non-hydrogen) atoms. The van der Waals surface area contributed by atoms with Gasteiger partial charge < -0.3 is 9.47 Å². The standard InChI is InChI=1S/C6H4.C5H10O3/c1-2-5-4-6(5)3-1;1-5(4-6,7-2)8-3/h1-4H;4H,1-3H3. The zero-order valence-electron chi connectivity index (χ0n) is 8.61. The van der Waals surface area contributed by atoms with Crippen LogP contribution < -0.4 is 0 Å². The SMILES string of the molecule is COC(C)(C=O)OC.c1cc2cc-2c1. The maximum absolute atomic E-state index is 10.0. The lowest BCUT2D eigenvalue weighted by molar-refractivity contribution is -0.186. The lowest BCUT2D eigenvalue weighted by atomic mass is 10.4. The van der Waals surface area contributed by atoms with Crippen LogP contribution >= 0.6 is 0 Å². The second-order valence-electron chi connectivity index (χ2n) is 3.12. The van der Waals surface area contributed by atoms with Crippen molar-refractivity contribution in [3.63, 3.8) is 0 Å². The maximum Gasteiger partial charge on any atom is 0.222 e. The highest BCUT2D eigenvalue weighted by atomic mass is 16.7. The number of hydrogen-bond acceptors (Lipinski definition) is 3. The summed E-state index contributed by atoms with van der Waals surface area (Å²) in [6.07, 6.45) is 0.604. The monoisotopic (exact) mass is 194 g/mol. The highest BCUT2D eigenvalue weighted by molar-refractivity contribution is 5.80. The highest BCUT2D eigenvalue weighted by Crippen LogP contribution is 2.32. The first-order chi connectivity index (χ1) is 6.65. The van der Waals surface area contributed by atoms with E-state index >= 15 is 0 Å². The first-order valence-electron chi connectivity index (χ1n) is 4.32. The number of rotatable bonds is 3. The largest absolute Gasteiger partial charge is 0.347 e. The van der Waals surface area contributed by atoms with Crippen LogP contribution in [-0.4, -0.2) is 26.3 Å². The smallest absolute Gasteiger partial charge is 0.222 e. The molecule has 0 amide bonds. The molecule has 76 valence electrons. The van der Waals surface area contributed by atoms with Crippen LogP contribution in [0.3, 0.4) is 0 Å². The summed E-state index contributed by atoms with van der Waals surface area (Å²) in [7, 11) is 2.83. The number of benzene rings is 1.